The lowest BCUT2D eigenvalue weighted by Crippen LogP contribution is -2.35. The molecule has 0 bridgehead atoms. The Balaban J connectivity index is 2.16. The number of aryl methyl sites for hydroxylation is 1. The Hall–Kier alpha value is -1.80. The zero-order chi connectivity index (χ0) is 19.6. The number of nitrogens with zero attached hydrogens (tertiary/aromatic N) is 1. The summed E-state index contributed by atoms with van der Waals surface area (Å²) in [7, 11) is 0. The Bertz CT molecular complexity index is 757. The predicted molar refractivity (Wildman–Crippen MR) is 114 cm³/mol. The molecule has 146 valence electrons. The van der Waals surface area contributed by atoms with Crippen LogP contribution in [-0.2, 0) is 5.41 Å². The second kappa shape index (κ2) is 8.06. The molecule has 2 heteroatoms. The maximum absolute atomic E-state index is 11.4. The maximum atomic E-state index is 11.4. The third kappa shape index (κ3) is 4.06. The summed E-state index contributed by atoms with van der Waals surface area (Å²) < 4.78 is 0. The quantitative estimate of drug-likeness (QED) is 0.681. The van der Waals surface area contributed by atoms with Gasteiger partial charge in [0.2, 0.25) is 0 Å². The zero-order valence-electron chi connectivity index (χ0n) is 17.6. The Morgan fingerprint density at radius 2 is 1.59 bits per heavy atom. The van der Waals surface area contributed by atoms with Gasteiger partial charge in [-0.3, -0.25) is 4.90 Å². The van der Waals surface area contributed by atoms with Crippen LogP contribution >= 0.6 is 0 Å². The molecule has 1 atom stereocenters. The van der Waals surface area contributed by atoms with E-state index in [0.29, 0.717) is 11.7 Å². The topological polar surface area (TPSA) is 23.5 Å². The van der Waals surface area contributed by atoms with E-state index in [4.69, 9.17) is 0 Å². The van der Waals surface area contributed by atoms with Crippen LogP contribution in [0.1, 0.15) is 75.3 Å². The van der Waals surface area contributed by atoms with E-state index in [1.165, 1.54) is 30.4 Å². The van der Waals surface area contributed by atoms with Crippen molar-refractivity contribution < 1.29 is 5.11 Å². The first-order valence-electron chi connectivity index (χ1n) is 10.5. The molecule has 2 aromatic rings. The minimum absolute atomic E-state index is 0.0754. The predicted octanol–water partition coefficient (Wildman–Crippen LogP) is 6.21. The highest BCUT2D eigenvalue weighted by Gasteiger charge is 2.32. The number of rotatable bonds is 5. The largest absolute Gasteiger partial charge is 0.507 e. The van der Waals surface area contributed by atoms with E-state index in [0.717, 1.165) is 24.2 Å². The zero-order valence-corrected chi connectivity index (χ0v) is 17.6. The summed E-state index contributed by atoms with van der Waals surface area (Å²) in [6, 6.07) is 15.2. The third-order valence-corrected chi connectivity index (χ3v) is 6.59. The Morgan fingerprint density at radius 3 is 2.19 bits per heavy atom. The minimum atomic E-state index is -0.0754. The van der Waals surface area contributed by atoms with Crippen molar-refractivity contribution in [3.8, 4) is 5.75 Å². The first kappa shape index (κ1) is 19.9. The molecule has 27 heavy (non-hydrogen) atoms. The van der Waals surface area contributed by atoms with Gasteiger partial charge in [0.15, 0.2) is 0 Å². The molecule has 1 fully saturated rings. The number of aromatic hydroxyl groups is 1. The van der Waals surface area contributed by atoms with Crippen LogP contribution in [0.3, 0.4) is 0 Å². The second-order valence-corrected chi connectivity index (χ2v) is 9.04. The fraction of sp³-hybridized carbons (Fsp3) is 0.520. The number of hydrogen-bond acceptors (Lipinski definition) is 2. The highest BCUT2D eigenvalue weighted by Crippen LogP contribution is 2.44. The van der Waals surface area contributed by atoms with Gasteiger partial charge in [0.05, 0.1) is 6.04 Å². The molecule has 0 aromatic heterocycles. The molecule has 1 heterocycles. The standard InChI is InChI=1S/C25H35NO/c1-18(2)25(4,5)22-17-19(3)16-21(24(22)27)23(20-12-8-6-9-13-20)26-14-10-7-11-15-26/h6,8-9,12-13,16-18,23,27H,7,10-11,14-15H2,1-5H3. The van der Waals surface area contributed by atoms with E-state index in [2.05, 4.69) is 82.0 Å². The van der Waals surface area contributed by atoms with E-state index in [1.807, 2.05) is 0 Å². The van der Waals surface area contributed by atoms with E-state index in [9.17, 15) is 5.11 Å². The van der Waals surface area contributed by atoms with Crippen LogP contribution in [0.4, 0.5) is 0 Å². The summed E-state index contributed by atoms with van der Waals surface area (Å²) in [6.07, 6.45) is 3.78. The molecule has 1 N–H and O–H groups in total. The molecular formula is C25H35NO. The normalized spacial score (nSPS) is 17.3. The van der Waals surface area contributed by atoms with Crippen LogP contribution in [0.5, 0.6) is 5.75 Å². The van der Waals surface area contributed by atoms with Crippen molar-refractivity contribution in [1.82, 2.24) is 4.90 Å². The lowest BCUT2D eigenvalue weighted by molar-refractivity contribution is 0.184. The van der Waals surface area contributed by atoms with E-state index < -0.39 is 0 Å². The average molecular weight is 366 g/mol. The van der Waals surface area contributed by atoms with Crippen LogP contribution in [0.25, 0.3) is 0 Å². The van der Waals surface area contributed by atoms with Gasteiger partial charge in [-0.25, -0.2) is 0 Å². The van der Waals surface area contributed by atoms with E-state index >= 15 is 0 Å². The molecular weight excluding hydrogens is 330 g/mol. The van der Waals surface area contributed by atoms with Gasteiger partial charge in [-0.1, -0.05) is 82.1 Å². The van der Waals surface area contributed by atoms with Gasteiger partial charge in [-0.2, -0.15) is 0 Å². The molecule has 3 rings (SSSR count). The number of phenols is 1. The van der Waals surface area contributed by atoms with Crippen LogP contribution in [0.15, 0.2) is 42.5 Å². The van der Waals surface area contributed by atoms with E-state index in [-0.39, 0.29) is 11.5 Å². The van der Waals surface area contributed by atoms with Gasteiger partial charge < -0.3 is 5.11 Å². The maximum Gasteiger partial charge on any atom is 0.124 e. The minimum Gasteiger partial charge on any atom is -0.507 e. The molecule has 2 nitrogen and oxygen atoms in total. The SMILES string of the molecule is Cc1cc(C(c2ccccc2)N2CCCCC2)c(O)c(C(C)(C)C(C)C)c1. The molecule has 1 aliphatic heterocycles. The lowest BCUT2D eigenvalue weighted by atomic mass is 9.73. The van der Waals surface area contributed by atoms with Crippen molar-refractivity contribution in [2.24, 2.45) is 5.92 Å². The number of benzene rings is 2. The fourth-order valence-corrected chi connectivity index (χ4v) is 4.22. The molecule has 0 spiro atoms. The summed E-state index contributed by atoms with van der Waals surface area (Å²) in [4.78, 5) is 2.56. The van der Waals surface area contributed by atoms with Crippen molar-refractivity contribution in [3.63, 3.8) is 0 Å². The average Bonchev–Trinajstić information content (AvgIpc) is 2.66. The number of hydrogen-bond donors (Lipinski definition) is 1. The van der Waals surface area contributed by atoms with Crippen molar-refractivity contribution in [1.29, 1.82) is 0 Å². The molecule has 1 saturated heterocycles. The second-order valence-electron chi connectivity index (χ2n) is 9.04. The molecule has 0 amide bonds. The molecule has 0 aliphatic carbocycles. The first-order chi connectivity index (χ1) is 12.8. The summed E-state index contributed by atoms with van der Waals surface area (Å²) >= 11 is 0. The monoisotopic (exact) mass is 365 g/mol. The Labute approximate surface area is 165 Å². The van der Waals surface area contributed by atoms with Crippen molar-refractivity contribution >= 4 is 0 Å². The van der Waals surface area contributed by atoms with Crippen LogP contribution in [0, 0.1) is 12.8 Å². The van der Waals surface area contributed by atoms with Crippen LogP contribution < -0.4 is 0 Å². The first-order valence-corrected chi connectivity index (χ1v) is 10.5. The summed E-state index contributed by atoms with van der Waals surface area (Å²) in [5, 5.41) is 11.4. The summed E-state index contributed by atoms with van der Waals surface area (Å²) in [5.74, 6) is 0.932. The highest BCUT2D eigenvalue weighted by molar-refractivity contribution is 5.51. The summed E-state index contributed by atoms with van der Waals surface area (Å²) in [5.41, 5.74) is 4.56. The highest BCUT2D eigenvalue weighted by atomic mass is 16.3. The van der Waals surface area contributed by atoms with Crippen molar-refractivity contribution in [2.75, 3.05) is 13.1 Å². The fourth-order valence-electron chi connectivity index (χ4n) is 4.22. The molecule has 2 aromatic carbocycles. The van der Waals surface area contributed by atoms with Gasteiger partial charge >= 0.3 is 0 Å². The van der Waals surface area contributed by atoms with Gasteiger partial charge in [0.1, 0.15) is 5.75 Å². The van der Waals surface area contributed by atoms with Crippen LogP contribution in [0.2, 0.25) is 0 Å². The molecule has 1 unspecified atom stereocenters. The molecule has 1 aliphatic rings. The molecule has 0 radical (unpaired) electrons. The lowest BCUT2D eigenvalue weighted by Gasteiger charge is -2.37. The van der Waals surface area contributed by atoms with E-state index in [1.54, 1.807) is 0 Å². The van der Waals surface area contributed by atoms with Crippen LogP contribution in [-0.4, -0.2) is 23.1 Å². The smallest absolute Gasteiger partial charge is 0.124 e. The van der Waals surface area contributed by atoms with Gasteiger partial charge in [0.25, 0.3) is 0 Å². The Morgan fingerprint density at radius 1 is 0.963 bits per heavy atom. The van der Waals surface area contributed by atoms with Crippen molar-refractivity contribution in [2.45, 2.75) is 65.3 Å². The molecule has 0 saturated carbocycles. The number of piperidine rings is 1. The third-order valence-electron chi connectivity index (χ3n) is 6.59. The number of phenolic OH excluding ortho intramolecular Hbond substituents is 1. The van der Waals surface area contributed by atoms with Gasteiger partial charge in [-0.05, 0) is 49.8 Å². The van der Waals surface area contributed by atoms with Gasteiger partial charge in [0, 0.05) is 11.1 Å². The van der Waals surface area contributed by atoms with Gasteiger partial charge in [-0.15, -0.1) is 0 Å². The van der Waals surface area contributed by atoms with Crippen molar-refractivity contribution in [3.05, 3.63) is 64.7 Å². The number of likely N-dealkylation sites (tertiary alicyclic amines) is 1. The summed E-state index contributed by atoms with van der Waals surface area (Å²) in [6.45, 7) is 13.3. The Kier molecular flexibility index (Phi) is 5.95.